The second-order valence-corrected chi connectivity index (χ2v) is 11.0. The Hall–Kier alpha value is -3.59. The number of halogens is 3. The fourth-order valence-corrected chi connectivity index (χ4v) is 5.42. The lowest BCUT2D eigenvalue weighted by Gasteiger charge is -2.27. The summed E-state index contributed by atoms with van der Waals surface area (Å²) in [6.07, 6.45) is -0.646. The van der Waals surface area contributed by atoms with E-state index >= 15 is 0 Å². The minimum absolute atomic E-state index is 0.176. The molecule has 1 fully saturated rings. The lowest BCUT2D eigenvalue weighted by atomic mass is 9.84. The van der Waals surface area contributed by atoms with Gasteiger partial charge in [-0.3, -0.25) is 4.79 Å². The summed E-state index contributed by atoms with van der Waals surface area (Å²) in [5.41, 5.74) is 1.10. The summed E-state index contributed by atoms with van der Waals surface area (Å²) in [5.74, 6) is 0.357. The Labute approximate surface area is 237 Å². The van der Waals surface area contributed by atoms with Crippen molar-refractivity contribution in [3.63, 3.8) is 0 Å². The average Bonchev–Trinajstić information content (AvgIpc) is 3.78. The Morgan fingerprint density at radius 1 is 1.10 bits per heavy atom. The molecule has 6 nitrogen and oxygen atoms in total. The quantitative estimate of drug-likeness (QED) is 0.261. The number of aromatic nitrogens is 1. The van der Waals surface area contributed by atoms with Crippen LogP contribution in [0.1, 0.15) is 62.3 Å². The molecule has 9 heteroatoms. The highest BCUT2D eigenvalue weighted by molar-refractivity contribution is 5.91. The molecule has 1 aromatic heterocycles. The van der Waals surface area contributed by atoms with Gasteiger partial charge in [0.2, 0.25) is 0 Å². The number of hydrogen-bond acceptors (Lipinski definition) is 5. The molecular formula is C32H34F3NO5. The highest BCUT2D eigenvalue weighted by Crippen LogP contribution is 2.47. The van der Waals surface area contributed by atoms with Crippen molar-refractivity contribution >= 4 is 5.97 Å². The number of alkyl halides is 3. The van der Waals surface area contributed by atoms with Crippen LogP contribution in [0.25, 0.3) is 22.3 Å². The third-order valence-electron chi connectivity index (χ3n) is 7.60. The number of benzene rings is 2. The van der Waals surface area contributed by atoms with Crippen LogP contribution in [0.5, 0.6) is 5.75 Å². The summed E-state index contributed by atoms with van der Waals surface area (Å²) in [6, 6.07) is 10.7. The summed E-state index contributed by atoms with van der Waals surface area (Å²) < 4.78 is 62.1. The largest absolute Gasteiger partial charge is 0.493 e. The number of hydrogen-bond donors (Lipinski definition) is 0. The van der Waals surface area contributed by atoms with Gasteiger partial charge in [-0.25, -0.2) is 4.79 Å². The molecule has 0 amide bonds. The number of methoxy groups -OCH3 is 1. The minimum Gasteiger partial charge on any atom is -0.493 e. The SMILES string of the molecule is COC(=O)C(OC(C)C)c1c(C(F)(F)F)ccc(-c2ccc(=O)n(CCC3CC3)c2)c1-c1ccc2c(c1)CCCO2. The number of nitrogens with zero attached hydrogens (tertiary/aromatic N) is 1. The van der Waals surface area contributed by atoms with Gasteiger partial charge in [-0.2, -0.15) is 13.2 Å². The molecule has 0 saturated heterocycles. The zero-order chi connectivity index (χ0) is 29.3. The van der Waals surface area contributed by atoms with Crippen molar-refractivity contribution in [1.29, 1.82) is 0 Å². The van der Waals surface area contributed by atoms with Gasteiger partial charge in [-0.1, -0.05) is 25.0 Å². The molecule has 2 aliphatic rings. The summed E-state index contributed by atoms with van der Waals surface area (Å²) in [4.78, 5) is 25.7. The molecule has 1 aliphatic heterocycles. The number of carbonyl (C=O) groups is 1. The van der Waals surface area contributed by atoms with Crippen LogP contribution in [-0.2, 0) is 33.4 Å². The van der Waals surface area contributed by atoms with Gasteiger partial charge in [0.1, 0.15) is 5.75 Å². The Morgan fingerprint density at radius 2 is 1.85 bits per heavy atom. The van der Waals surface area contributed by atoms with Crippen molar-refractivity contribution in [2.45, 2.75) is 70.9 Å². The van der Waals surface area contributed by atoms with E-state index in [1.54, 1.807) is 42.8 Å². The first-order valence-corrected chi connectivity index (χ1v) is 14.0. The van der Waals surface area contributed by atoms with Crippen molar-refractivity contribution < 1.29 is 32.2 Å². The predicted octanol–water partition coefficient (Wildman–Crippen LogP) is 6.97. The Kier molecular flexibility index (Phi) is 8.27. The van der Waals surface area contributed by atoms with Gasteiger partial charge >= 0.3 is 12.1 Å². The Balaban J connectivity index is 1.80. The van der Waals surface area contributed by atoms with E-state index in [1.807, 2.05) is 6.07 Å². The van der Waals surface area contributed by atoms with E-state index in [2.05, 4.69) is 0 Å². The van der Waals surface area contributed by atoms with Crippen molar-refractivity contribution in [3.8, 4) is 28.0 Å². The topological polar surface area (TPSA) is 66.8 Å². The fourth-order valence-electron chi connectivity index (χ4n) is 5.42. The zero-order valence-corrected chi connectivity index (χ0v) is 23.4. The van der Waals surface area contributed by atoms with Gasteiger partial charge in [-0.15, -0.1) is 0 Å². The first-order valence-electron chi connectivity index (χ1n) is 14.0. The highest BCUT2D eigenvalue weighted by Gasteiger charge is 2.41. The third kappa shape index (κ3) is 6.35. The van der Waals surface area contributed by atoms with Crippen LogP contribution in [0.15, 0.2) is 53.5 Å². The van der Waals surface area contributed by atoms with Crippen LogP contribution in [0, 0.1) is 5.92 Å². The molecule has 2 aromatic carbocycles. The molecule has 0 N–H and O–H groups in total. The van der Waals surface area contributed by atoms with E-state index in [-0.39, 0.29) is 16.7 Å². The maximum absolute atomic E-state index is 14.6. The van der Waals surface area contributed by atoms with Crippen LogP contribution in [-0.4, -0.2) is 30.4 Å². The van der Waals surface area contributed by atoms with Crippen LogP contribution in [0.3, 0.4) is 0 Å². The number of aryl methyl sites for hydroxylation is 2. The smallest absolute Gasteiger partial charge is 0.416 e. The molecule has 1 aliphatic carbocycles. The van der Waals surface area contributed by atoms with Crippen LogP contribution < -0.4 is 10.3 Å². The molecule has 0 bridgehead atoms. The van der Waals surface area contributed by atoms with Crippen LogP contribution in [0.2, 0.25) is 0 Å². The molecule has 2 heterocycles. The lowest BCUT2D eigenvalue weighted by Crippen LogP contribution is -2.25. The molecule has 1 saturated carbocycles. The van der Waals surface area contributed by atoms with Crippen molar-refractivity contribution in [3.05, 3.63) is 75.7 Å². The summed E-state index contributed by atoms with van der Waals surface area (Å²) in [6.45, 7) is 4.40. The van der Waals surface area contributed by atoms with E-state index in [4.69, 9.17) is 14.2 Å². The van der Waals surface area contributed by atoms with Gasteiger partial charge in [0.15, 0.2) is 6.10 Å². The Morgan fingerprint density at radius 3 is 2.54 bits per heavy atom. The van der Waals surface area contributed by atoms with E-state index in [9.17, 15) is 22.8 Å². The highest BCUT2D eigenvalue weighted by atomic mass is 19.4. The molecule has 1 atom stereocenters. The lowest BCUT2D eigenvalue weighted by molar-refractivity contribution is -0.159. The van der Waals surface area contributed by atoms with Crippen molar-refractivity contribution in [1.82, 2.24) is 4.57 Å². The first-order chi connectivity index (χ1) is 19.6. The minimum atomic E-state index is -4.78. The standard InChI is InChI=1S/C32H34F3NO5/c1-19(2)41-30(31(38)39-3)29-25(32(33,34)35)11-10-24(23-9-13-27(37)36(18-23)15-14-20-6-7-20)28(29)22-8-12-26-21(17-22)5-4-16-40-26/h8-13,17-20,30H,4-7,14-16H2,1-3H3. The molecule has 218 valence electrons. The number of rotatable bonds is 9. The Bertz CT molecular complexity index is 1490. The second-order valence-electron chi connectivity index (χ2n) is 11.0. The van der Waals surface area contributed by atoms with Crippen molar-refractivity contribution in [2.24, 2.45) is 5.92 Å². The van der Waals surface area contributed by atoms with E-state index < -0.39 is 29.9 Å². The third-order valence-corrected chi connectivity index (χ3v) is 7.60. The van der Waals surface area contributed by atoms with E-state index in [0.29, 0.717) is 47.9 Å². The van der Waals surface area contributed by atoms with Crippen LogP contribution >= 0.6 is 0 Å². The van der Waals surface area contributed by atoms with Gasteiger partial charge < -0.3 is 18.8 Å². The zero-order valence-electron chi connectivity index (χ0n) is 23.4. The molecule has 0 radical (unpaired) electrons. The summed E-state index contributed by atoms with van der Waals surface area (Å²) >= 11 is 0. The number of carbonyl (C=O) groups excluding carboxylic acids is 1. The molecule has 1 unspecified atom stereocenters. The van der Waals surface area contributed by atoms with Gasteiger partial charge in [0, 0.05) is 24.4 Å². The molecule has 0 spiro atoms. The van der Waals surface area contributed by atoms with E-state index in [0.717, 1.165) is 44.4 Å². The molecule has 3 aromatic rings. The van der Waals surface area contributed by atoms with Crippen molar-refractivity contribution in [2.75, 3.05) is 13.7 Å². The average molecular weight is 570 g/mol. The monoisotopic (exact) mass is 569 g/mol. The number of esters is 1. The number of pyridine rings is 1. The summed E-state index contributed by atoms with van der Waals surface area (Å²) in [7, 11) is 1.13. The van der Waals surface area contributed by atoms with Crippen LogP contribution in [0.4, 0.5) is 13.2 Å². The molecule has 41 heavy (non-hydrogen) atoms. The number of fused-ring (bicyclic) bond motifs is 1. The number of ether oxygens (including phenoxy) is 3. The predicted molar refractivity (Wildman–Crippen MR) is 149 cm³/mol. The fraction of sp³-hybridized carbons (Fsp3) is 0.438. The van der Waals surface area contributed by atoms with Gasteiger partial charge in [-0.05, 0) is 91.1 Å². The maximum atomic E-state index is 14.6. The van der Waals surface area contributed by atoms with Gasteiger partial charge in [0.25, 0.3) is 5.56 Å². The molecular weight excluding hydrogens is 535 g/mol. The molecule has 5 rings (SSSR count). The maximum Gasteiger partial charge on any atom is 0.416 e. The van der Waals surface area contributed by atoms with Gasteiger partial charge in [0.05, 0.1) is 25.4 Å². The van der Waals surface area contributed by atoms with E-state index in [1.165, 1.54) is 12.1 Å². The first kappa shape index (κ1) is 28.9. The second kappa shape index (κ2) is 11.7. The normalized spacial score (nSPS) is 15.8. The summed E-state index contributed by atoms with van der Waals surface area (Å²) in [5, 5.41) is 0.